The van der Waals surface area contributed by atoms with E-state index in [9.17, 15) is 4.79 Å². The van der Waals surface area contributed by atoms with Crippen LogP contribution in [-0.2, 0) is 4.74 Å². The lowest BCUT2D eigenvalue weighted by molar-refractivity contribution is 0.0143. The topological polar surface area (TPSA) is 29.5 Å². The maximum absolute atomic E-state index is 12.0. The average molecular weight is 255 g/mol. The highest BCUT2D eigenvalue weighted by atomic mass is 16.6. The second kappa shape index (κ2) is 5.50. The monoisotopic (exact) mass is 255 g/mol. The van der Waals surface area contributed by atoms with E-state index in [1.54, 1.807) is 0 Å². The first-order chi connectivity index (χ1) is 8.07. The fourth-order valence-electron chi connectivity index (χ4n) is 2.59. The second-order valence-corrected chi connectivity index (χ2v) is 7.70. The van der Waals surface area contributed by atoms with E-state index in [-0.39, 0.29) is 6.09 Å². The summed E-state index contributed by atoms with van der Waals surface area (Å²) < 4.78 is 5.44. The van der Waals surface area contributed by atoms with Gasteiger partial charge in [0.15, 0.2) is 0 Å². The summed E-state index contributed by atoms with van der Waals surface area (Å²) in [5.74, 6) is 0.617. The van der Waals surface area contributed by atoms with E-state index < -0.39 is 5.60 Å². The zero-order chi connectivity index (χ0) is 14.0. The highest BCUT2D eigenvalue weighted by Crippen LogP contribution is 2.30. The van der Waals surface area contributed by atoms with E-state index in [4.69, 9.17) is 4.74 Å². The number of likely N-dealkylation sites (tertiary alicyclic amines) is 1. The summed E-state index contributed by atoms with van der Waals surface area (Å²) in [4.78, 5) is 13.9. The largest absolute Gasteiger partial charge is 0.444 e. The van der Waals surface area contributed by atoms with Gasteiger partial charge < -0.3 is 9.64 Å². The van der Waals surface area contributed by atoms with E-state index >= 15 is 0 Å². The predicted molar refractivity (Wildman–Crippen MR) is 74.6 cm³/mol. The zero-order valence-electron chi connectivity index (χ0n) is 12.9. The molecule has 0 aromatic carbocycles. The van der Waals surface area contributed by atoms with Crippen LogP contribution in [0.5, 0.6) is 0 Å². The van der Waals surface area contributed by atoms with Crippen molar-refractivity contribution < 1.29 is 9.53 Å². The van der Waals surface area contributed by atoms with Crippen molar-refractivity contribution in [1.82, 2.24) is 4.90 Å². The third kappa shape index (κ3) is 5.74. The summed E-state index contributed by atoms with van der Waals surface area (Å²) in [5, 5.41) is 0. The molecule has 1 fully saturated rings. The molecule has 0 spiro atoms. The van der Waals surface area contributed by atoms with Gasteiger partial charge in [0.2, 0.25) is 0 Å². The molecular weight excluding hydrogens is 226 g/mol. The Morgan fingerprint density at radius 3 is 2.33 bits per heavy atom. The molecule has 1 heterocycles. The normalized spacial score (nSPS) is 21.9. The minimum absolute atomic E-state index is 0.152. The van der Waals surface area contributed by atoms with Gasteiger partial charge >= 0.3 is 6.09 Å². The number of hydrogen-bond acceptors (Lipinski definition) is 2. The molecule has 0 aliphatic carbocycles. The van der Waals surface area contributed by atoms with Crippen molar-refractivity contribution in [1.29, 1.82) is 0 Å². The van der Waals surface area contributed by atoms with Gasteiger partial charge in [-0.05, 0) is 51.4 Å². The first-order valence-corrected chi connectivity index (χ1v) is 7.05. The molecule has 18 heavy (non-hydrogen) atoms. The Bertz CT molecular complexity index is 286. The highest BCUT2D eigenvalue weighted by molar-refractivity contribution is 5.68. The fourth-order valence-corrected chi connectivity index (χ4v) is 2.59. The van der Waals surface area contributed by atoms with Crippen molar-refractivity contribution in [3.63, 3.8) is 0 Å². The molecule has 1 amide bonds. The van der Waals surface area contributed by atoms with Crippen molar-refractivity contribution in [2.75, 3.05) is 13.1 Å². The summed E-state index contributed by atoms with van der Waals surface area (Å²) in [7, 11) is 0. The van der Waals surface area contributed by atoms with Crippen LogP contribution in [0.25, 0.3) is 0 Å². The van der Waals surface area contributed by atoms with Gasteiger partial charge in [-0.1, -0.05) is 20.8 Å². The molecule has 0 unspecified atom stereocenters. The van der Waals surface area contributed by atoms with Gasteiger partial charge in [-0.2, -0.15) is 0 Å². The molecule has 0 radical (unpaired) electrons. The molecule has 1 saturated heterocycles. The Labute approximate surface area is 112 Å². The zero-order valence-corrected chi connectivity index (χ0v) is 12.9. The molecule has 0 aromatic heterocycles. The SMILES string of the molecule is CC(C)(C)C[C@@H]1CCCN(C(=O)OC(C)(C)C)C1. The molecule has 1 rings (SSSR count). The van der Waals surface area contributed by atoms with E-state index in [1.165, 1.54) is 12.8 Å². The molecule has 1 atom stereocenters. The van der Waals surface area contributed by atoms with Crippen molar-refractivity contribution >= 4 is 6.09 Å². The first-order valence-electron chi connectivity index (χ1n) is 7.05. The Morgan fingerprint density at radius 1 is 1.22 bits per heavy atom. The van der Waals surface area contributed by atoms with Gasteiger partial charge in [0.1, 0.15) is 5.60 Å². The molecule has 106 valence electrons. The number of carbonyl (C=O) groups excluding carboxylic acids is 1. The second-order valence-electron chi connectivity index (χ2n) is 7.70. The van der Waals surface area contributed by atoms with E-state index in [2.05, 4.69) is 20.8 Å². The quantitative estimate of drug-likeness (QED) is 0.707. The Hall–Kier alpha value is -0.730. The number of carbonyl (C=O) groups is 1. The van der Waals surface area contributed by atoms with Crippen LogP contribution >= 0.6 is 0 Å². The van der Waals surface area contributed by atoms with Gasteiger partial charge in [0.05, 0.1) is 0 Å². The molecule has 0 bridgehead atoms. The molecule has 3 heteroatoms. The van der Waals surface area contributed by atoms with Crippen molar-refractivity contribution in [2.24, 2.45) is 11.3 Å². The van der Waals surface area contributed by atoms with Crippen LogP contribution in [0.3, 0.4) is 0 Å². The van der Waals surface area contributed by atoms with Crippen LogP contribution in [0.2, 0.25) is 0 Å². The molecule has 0 N–H and O–H groups in total. The summed E-state index contributed by atoms with van der Waals surface area (Å²) in [6.45, 7) is 14.2. The lowest BCUT2D eigenvalue weighted by Crippen LogP contribution is -2.43. The van der Waals surface area contributed by atoms with Gasteiger partial charge in [-0.3, -0.25) is 0 Å². The van der Waals surface area contributed by atoms with E-state index in [0.717, 1.165) is 19.5 Å². The van der Waals surface area contributed by atoms with Crippen LogP contribution < -0.4 is 0 Å². The summed E-state index contributed by atoms with van der Waals surface area (Å²) in [5.41, 5.74) is -0.0599. The van der Waals surface area contributed by atoms with Gasteiger partial charge in [-0.15, -0.1) is 0 Å². The molecule has 1 aliphatic rings. The Kier molecular flexibility index (Phi) is 4.68. The minimum atomic E-state index is -0.395. The molecular formula is C15H29NO2. The third-order valence-electron chi connectivity index (χ3n) is 3.07. The van der Waals surface area contributed by atoms with Gasteiger partial charge in [-0.25, -0.2) is 4.79 Å². The van der Waals surface area contributed by atoms with Crippen LogP contribution in [0.4, 0.5) is 4.79 Å². The molecule has 1 aliphatic heterocycles. The lowest BCUT2D eigenvalue weighted by atomic mass is 9.81. The highest BCUT2D eigenvalue weighted by Gasteiger charge is 2.29. The van der Waals surface area contributed by atoms with Crippen LogP contribution in [0.15, 0.2) is 0 Å². The fraction of sp³-hybridized carbons (Fsp3) is 0.933. The van der Waals surface area contributed by atoms with Crippen molar-refractivity contribution in [2.45, 2.75) is 66.4 Å². The van der Waals surface area contributed by atoms with Crippen molar-refractivity contribution in [3.05, 3.63) is 0 Å². The van der Waals surface area contributed by atoms with E-state index in [1.807, 2.05) is 25.7 Å². The Morgan fingerprint density at radius 2 is 1.83 bits per heavy atom. The third-order valence-corrected chi connectivity index (χ3v) is 3.07. The van der Waals surface area contributed by atoms with Crippen LogP contribution in [0, 0.1) is 11.3 Å². The number of ether oxygens (including phenoxy) is 1. The van der Waals surface area contributed by atoms with E-state index in [0.29, 0.717) is 11.3 Å². The van der Waals surface area contributed by atoms with Crippen molar-refractivity contribution in [3.8, 4) is 0 Å². The maximum atomic E-state index is 12.0. The molecule has 3 nitrogen and oxygen atoms in total. The standard InChI is InChI=1S/C15H29NO2/c1-14(2,3)10-12-8-7-9-16(11-12)13(17)18-15(4,5)6/h12H,7-11H2,1-6H3/t12-/m0/s1. The number of rotatable bonds is 1. The lowest BCUT2D eigenvalue weighted by Gasteiger charge is -2.36. The number of piperidine rings is 1. The van der Waals surface area contributed by atoms with Crippen LogP contribution in [-0.4, -0.2) is 29.7 Å². The van der Waals surface area contributed by atoms with Crippen LogP contribution in [0.1, 0.15) is 60.8 Å². The van der Waals surface area contributed by atoms with Gasteiger partial charge in [0.25, 0.3) is 0 Å². The summed E-state index contributed by atoms with van der Waals surface area (Å²) >= 11 is 0. The maximum Gasteiger partial charge on any atom is 0.410 e. The molecule has 0 saturated carbocycles. The number of nitrogens with zero attached hydrogens (tertiary/aromatic N) is 1. The average Bonchev–Trinajstić information content (AvgIpc) is 2.12. The summed E-state index contributed by atoms with van der Waals surface area (Å²) in [6.07, 6.45) is 3.35. The smallest absolute Gasteiger partial charge is 0.410 e. The Balaban J connectivity index is 2.51. The first kappa shape index (κ1) is 15.3. The minimum Gasteiger partial charge on any atom is -0.444 e. The molecule has 0 aromatic rings. The number of amides is 1. The number of hydrogen-bond donors (Lipinski definition) is 0. The summed E-state index contributed by atoms with van der Waals surface area (Å²) in [6, 6.07) is 0. The predicted octanol–water partition coefficient (Wildman–Crippen LogP) is 4.07. The van der Waals surface area contributed by atoms with Gasteiger partial charge in [0, 0.05) is 13.1 Å².